The topological polar surface area (TPSA) is 81.2 Å². The normalized spacial score (nSPS) is 15.1. The van der Waals surface area contributed by atoms with Crippen LogP contribution in [0.5, 0.6) is 0 Å². The minimum atomic E-state index is -0.344. The number of hydrazine groups is 2. The van der Waals surface area contributed by atoms with Gasteiger partial charge in [0.25, 0.3) is 0 Å². The fourth-order valence-electron chi connectivity index (χ4n) is 3.02. The van der Waals surface area contributed by atoms with E-state index in [1.165, 1.54) is 12.7 Å². The van der Waals surface area contributed by atoms with E-state index in [1.807, 2.05) is 56.2 Å². The number of hydrogen-bond acceptors (Lipinski definition) is 8. The van der Waals surface area contributed by atoms with Gasteiger partial charge < -0.3 is 10.1 Å². The van der Waals surface area contributed by atoms with Crippen molar-refractivity contribution in [2.45, 2.75) is 59.2 Å². The van der Waals surface area contributed by atoms with Crippen molar-refractivity contribution >= 4 is 17.9 Å². The van der Waals surface area contributed by atoms with Crippen molar-refractivity contribution in [3.63, 3.8) is 0 Å². The maximum Gasteiger partial charge on any atom is 0.339 e. The molecule has 0 saturated heterocycles. The average Bonchev–Trinajstić information content (AvgIpc) is 2.78. The number of carbonyl (C=O) groups is 1. The van der Waals surface area contributed by atoms with Crippen LogP contribution in [-0.4, -0.2) is 68.1 Å². The van der Waals surface area contributed by atoms with Gasteiger partial charge in [0, 0.05) is 44.6 Å². The summed E-state index contributed by atoms with van der Waals surface area (Å²) in [4.78, 5) is 12.1. The molecule has 0 aliphatic rings. The van der Waals surface area contributed by atoms with Crippen LogP contribution in [0.25, 0.3) is 0 Å². The van der Waals surface area contributed by atoms with Crippen LogP contribution in [-0.2, 0) is 4.74 Å². The first-order valence-electron chi connectivity index (χ1n) is 10.8. The van der Waals surface area contributed by atoms with Crippen molar-refractivity contribution in [1.29, 1.82) is 0 Å². The molecule has 0 radical (unpaired) electrons. The number of esters is 1. The molecule has 0 spiro atoms. The van der Waals surface area contributed by atoms with Crippen LogP contribution in [0.1, 0.15) is 51.4 Å². The number of likely N-dealkylation sites (N-methyl/N-ethyl adjacent to an activating group) is 1. The Morgan fingerprint density at radius 2 is 1.90 bits per heavy atom. The molecule has 0 aromatic heterocycles. The van der Waals surface area contributed by atoms with Gasteiger partial charge >= 0.3 is 5.97 Å². The molecule has 2 unspecified atom stereocenters. The van der Waals surface area contributed by atoms with E-state index in [0.29, 0.717) is 5.56 Å². The summed E-state index contributed by atoms with van der Waals surface area (Å²) in [6.07, 6.45) is 4.73. The molecule has 1 rings (SSSR count). The highest BCUT2D eigenvalue weighted by molar-refractivity contribution is 5.95. The number of nitrogens with zero attached hydrogens (tertiary/aromatic N) is 3. The maximum absolute atomic E-state index is 12.1. The minimum absolute atomic E-state index is 0.0847. The molecule has 3 atom stereocenters. The molecule has 0 bridgehead atoms. The molecule has 3 N–H and O–H groups in total. The van der Waals surface area contributed by atoms with Crippen molar-refractivity contribution in [3.05, 3.63) is 41.5 Å². The molecule has 0 fully saturated rings. The van der Waals surface area contributed by atoms with E-state index in [9.17, 15) is 4.79 Å². The Morgan fingerprint density at radius 1 is 1.23 bits per heavy atom. The van der Waals surface area contributed by atoms with Crippen LogP contribution in [0, 0.1) is 0 Å². The molecule has 0 saturated carbocycles. The van der Waals surface area contributed by atoms with Gasteiger partial charge in [-0.25, -0.2) is 15.2 Å². The predicted molar refractivity (Wildman–Crippen MR) is 129 cm³/mol. The van der Waals surface area contributed by atoms with Crippen LogP contribution < -0.4 is 16.3 Å². The molecule has 0 heterocycles. The van der Waals surface area contributed by atoms with Crippen molar-refractivity contribution < 1.29 is 9.53 Å². The Labute approximate surface area is 187 Å². The number of hydrazone groups is 1. The third kappa shape index (κ3) is 8.69. The minimum Gasteiger partial charge on any atom is -0.465 e. The highest BCUT2D eigenvalue weighted by Crippen LogP contribution is 2.20. The lowest BCUT2D eigenvalue weighted by Gasteiger charge is -2.31. The molecular formula is C23H40N6O2. The second-order valence-electron chi connectivity index (χ2n) is 7.71. The Bertz CT molecular complexity index is 737. The van der Waals surface area contributed by atoms with Crippen LogP contribution in [0.2, 0.25) is 0 Å². The van der Waals surface area contributed by atoms with Crippen molar-refractivity contribution in [3.8, 4) is 0 Å². The van der Waals surface area contributed by atoms with Gasteiger partial charge in [-0.3, -0.25) is 5.01 Å². The standard InChI is InChI=1S/C23H40N6O2/c1-9-17(3)21(25-22-14-12-11-13-20(22)23(30)31-8)15-16-28(6)27-26-18(4)19(5)29(7)24-10-2/h9-14,18-19,21,25-27H,15-16H2,1-8H3/b17-9+,24-10-/t18-,19?,21?/m0/s1. The number of hydrogen-bond donors (Lipinski definition) is 3. The first-order chi connectivity index (χ1) is 14.7. The zero-order chi connectivity index (χ0) is 23.4. The Morgan fingerprint density at radius 3 is 2.52 bits per heavy atom. The molecule has 8 heteroatoms. The van der Waals surface area contributed by atoms with E-state index < -0.39 is 0 Å². The van der Waals surface area contributed by atoms with E-state index in [0.717, 1.165) is 18.7 Å². The van der Waals surface area contributed by atoms with Crippen LogP contribution in [0.4, 0.5) is 5.69 Å². The second-order valence-corrected chi connectivity index (χ2v) is 7.71. The summed E-state index contributed by atoms with van der Waals surface area (Å²) in [7, 11) is 5.37. The van der Waals surface area contributed by atoms with E-state index >= 15 is 0 Å². The molecule has 0 aliphatic carbocycles. The van der Waals surface area contributed by atoms with E-state index in [2.05, 4.69) is 48.2 Å². The summed E-state index contributed by atoms with van der Waals surface area (Å²) in [5, 5.41) is 11.8. The lowest BCUT2D eigenvalue weighted by molar-refractivity contribution is 0.0601. The van der Waals surface area contributed by atoms with Gasteiger partial charge in [-0.2, -0.15) is 10.6 Å². The monoisotopic (exact) mass is 432 g/mol. The number of benzene rings is 1. The largest absolute Gasteiger partial charge is 0.465 e. The zero-order valence-corrected chi connectivity index (χ0v) is 20.3. The number of allylic oxidation sites excluding steroid dienone is 1. The molecule has 1 aromatic carbocycles. The average molecular weight is 433 g/mol. The Hall–Kier alpha value is -2.42. The summed E-state index contributed by atoms with van der Waals surface area (Å²) < 4.78 is 4.92. The van der Waals surface area contributed by atoms with Crippen molar-refractivity contribution in [2.75, 3.05) is 33.1 Å². The first kappa shape index (κ1) is 26.6. The molecule has 31 heavy (non-hydrogen) atoms. The van der Waals surface area contributed by atoms with Crippen LogP contribution >= 0.6 is 0 Å². The summed E-state index contributed by atoms with van der Waals surface area (Å²) in [6, 6.07) is 7.93. The van der Waals surface area contributed by atoms with Crippen LogP contribution in [0.15, 0.2) is 41.0 Å². The number of carbonyl (C=O) groups excluding carboxylic acids is 1. The summed E-state index contributed by atoms with van der Waals surface area (Å²) in [5.74, 6) is -0.344. The molecule has 8 nitrogen and oxygen atoms in total. The number of nitrogens with one attached hydrogen (secondary N) is 3. The zero-order valence-electron chi connectivity index (χ0n) is 20.3. The van der Waals surface area contributed by atoms with Gasteiger partial charge in [0.15, 0.2) is 0 Å². The van der Waals surface area contributed by atoms with Gasteiger partial charge in [0.2, 0.25) is 0 Å². The fraction of sp³-hybridized carbons (Fsp3) is 0.565. The quantitative estimate of drug-likeness (QED) is 0.191. The third-order valence-electron chi connectivity index (χ3n) is 5.51. The Kier molecular flexibility index (Phi) is 11.8. The number of para-hydroxylation sites is 1. The second kappa shape index (κ2) is 13.8. The van der Waals surface area contributed by atoms with E-state index in [-0.39, 0.29) is 24.1 Å². The van der Waals surface area contributed by atoms with E-state index in [4.69, 9.17) is 4.74 Å². The number of anilines is 1. The van der Waals surface area contributed by atoms with Gasteiger partial charge in [-0.1, -0.05) is 23.8 Å². The fourth-order valence-corrected chi connectivity index (χ4v) is 3.02. The first-order valence-corrected chi connectivity index (χ1v) is 10.8. The van der Waals surface area contributed by atoms with Gasteiger partial charge in [0.1, 0.15) is 0 Å². The van der Waals surface area contributed by atoms with Crippen LogP contribution in [0.3, 0.4) is 0 Å². The number of ether oxygens (including phenoxy) is 1. The SMILES string of the molecule is C/C=N\N(C)C(C)[C@H](C)NNN(C)CCC(Nc1ccccc1C(=O)OC)/C(C)=C/C. The highest BCUT2D eigenvalue weighted by atomic mass is 16.5. The van der Waals surface area contributed by atoms with Crippen molar-refractivity contribution in [2.24, 2.45) is 5.10 Å². The summed E-state index contributed by atoms with van der Waals surface area (Å²) in [6.45, 7) is 11.1. The molecule has 1 aromatic rings. The smallest absolute Gasteiger partial charge is 0.339 e. The number of rotatable bonds is 13. The van der Waals surface area contributed by atoms with Gasteiger partial charge in [-0.15, -0.1) is 0 Å². The highest BCUT2D eigenvalue weighted by Gasteiger charge is 2.18. The maximum atomic E-state index is 12.1. The lowest BCUT2D eigenvalue weighted by atomic mass is 10.0. The summed E-state index contributed by atoms with van der Waals surface area (Å²) >= 11 is 0. The molecule has 174 valence electrons. The number of methoxy groups -OCH3 is 1. The summed E-state index contributed by atoms with van der Waals surface area (Å²) in [5.41, 5.74) is 9.11. The lowest BCUT2D eigenvalue weighted by Crippen LogP contribution is -2.54. The Balaban J connectivity index is 2.69. The van der Waals surface area contributed by atoms with Gasteiger partial charge in [-0.05, 0) is 53.2 Å². The third-order valence-corrected chi connectivity index (χ3v) is 5.51. The molecular weight excluding hydrogens is 392 g/mol. The predicted octanol–water partition coefficient (Wildman–Crippen LogP) is 3.27. The van der Waals surface area contributed by atoms with E-state index in [1.54, 1.807) is 12.3 Å². The molecule has 0 aliphatic heterocycles. The van der Waals surface area contributed by atoms with Crippen molar-refractivity contribution in [1.82, 2.24) is 21.0 Å². The van der Waals surface area contributed by atoms with Gasteiger partial charge in [0.05, 0.1) is 18.7 Å². The molecule has 0 amide bonds.